The number of anilines is 8. The van der Waals surface area contributed by atoms with E-state index in [0.29, 0.717) is 12.0 Å². The quantitative estimate of drug-likeness (QED) is 0.115. The molecule has 288 valence electrons. The van der Waals surface area contributed by atoms with E-state index in [-0.39, 0.29) is 0 Å². The Kier molecular flexibility index (Phi) is 11.4. The Morgan fingerprint density at radius 3 is 1.02 bits per heavy atom. The number of hydrogen-bond acceptors (Lipinski definition) is 3. The van der Waals surface area contributed by atoms with Crippen LogP contribution in [0.5, 0.6) is 0 Å². The Balaban J connectivity index is 0.924. The minimum Gasteiger partial charge on any atom is -0.338 e. The van der Waals surface area contributed by atoms with Crippen molar-refractivity contribution in [3.63, 3.8) is 0 Å². The molecule has 0 atom stereocenters. The van der Waals surface area contributed by atoms with Crippen LogP contribution in [0.15, 0.2) is 224 Å². The van der Waals surface area contributed by atoms with Crippen molar-refractivity contribution in [3.05, 3.63) is 241 Å². The zero-order valence-corrected chi connectivity index (χ0v) is 33.3. The van der Waals surface area contributed by atoms with E-state index in [1.54, 1.807) is 0 Å². The largest absolute Gasteiger partial charge is 0.338 e. The maximum absolute atomic E-state index is 2.58. The molecule has 0 amide bonds. The highest BCUT2D eigenvalue weighted by Crippen LogP contribution is 2.42. The molecule has 0 aromatic heterocycles. The molecule has 0 heterocycles. The van der Waals surface area contributed by atoms with Crippen molar-refractivity contribution in [2.75, 3.05) is 14.7 Å². The van der Waals surface area contributed by atoms with Crippen molar-refractivity contribution in [1.29, 1.82) is 0 Å². The summed E-state index contributed by atoms with van der Waals surface area (Å²) in [4.78, 5) is 7.24. The first kappa shape index (κ1) is 37.5. The van der Waals surface area contributed by atoms with Gasteiger partial charge in [0.25, 0.3) is 0 Å². The van der Waals surface area contributed by atoms with Crippen molar-refractivity contribution in [1.82, 2.24) is 0 Å². The van der Waals surface area contributed by atoms with Gasteiger partial charge in [-0.3, -0.25) is 0 Å². The summed E-state index contributed by atoms with van der Waals surface area (Å²) in [6.45, 7) is 0. The summed E-state index contributed by atoms with van der Waals surface area (Å²) in [7, 11) is 0. The summed E-state index contributed by atoms with van der Waals surface area (Å²) >= 11 is 0. The highest BCUT2D eigenvalue weighted by molar-refractivity contribution is 5.81. The first-order valence-corrected chi connectivity index (χ1v) is 20.9. The number of hydrogen-bond donors (Lipinski definition) is 0. The lowest BCUT2D eigenvalue weighted by molar-refractivity contribution is 0.392. The Morgan fingerprint density at radius 2 is 0.593 bits per heavy atom. The SMILES string of the molecule is C(=C/c1ccc(N(c2ccccc2)C2CCC(c3ccc(N(c4ccccc4)c4ccc(N(c5ccccc5)c5ccccc5)cc4)cc3)CC2)cc1)/c1ccccc1. The third-order valence-electron chi connectivity index (χ3n) is 11.6. The van der Waals surface area contributed by atoms with Gasteiger partial charge in [-0.25, -0.2) is 0 Å². The van der Waals surface area contributed by atoms with E-state index >= 15 is 0 Å². The lowest BCUT2D eigenvalue weighted by atomic mass is 9.81. The Bertz CT molecular complexity index is 2470. The van der Waals surface area contributed by atoms with Gasteiger partial charge in [0, 0.05) is 51.5 Å². The molecule has 1 aliphatic rings. The number of para-hydroxylation sites is 4. The van der Waals surface area contributed by atoms with Crippen LogP contribution >= 0.6 is 0 Å². The lowest BCUT2D eigenvalue weighted by Crippen LogP contribution is -2.34. The molecule has 0 saturated heterocycles. The molecule has 0 N–H and O–H groups in total. The standard InChI is InChI=1S/C56H49N3/c1-6-16-44(17-7-1)26-27-45-28-34-52(35-29-45)58(50-22-12-4-13-23-50)53-36-30-46(31-37-53)47-32-38-54(39-33-47)59(51-24-14-5-15-25-51)56-42-40-55(41-43-56)57(48-18-8-2-9-19-48)49-20-10-3-11-21-49/h1-29,32-35,38-43,46,53H,30-31,36-37H2/b27-26-. The van der Waals surface area contributed by atoms with Crippen LogP contribution in [0.1, 0.15) is 48.3 Å². The molecular weight excluding hydrogens is 715 g/mol. The summed E-state index contributed by atoms with van der Waals surface area (Å²) in [5.41, 5.74) is 13.1. The van der Waals surface area contributed by atoms with Gasteiger partial charge in [-0.2, -0.15) is 0 Å². The van der Waals surface area contributed by atoms with E-state index in [2.05, 4.69) is 251 Å². The van der Waals surface area contributed by atoms with E-state index in [0.717, 1.165) is 59.8 Å². The monoisotopic (exact) mass is 763 g/mol. The highest BCUT2D eigenvalue weighted by Gasteiger charge is 2.28. The molecular formula is C56H49N3. The minimum atomic E-state index is 0.440. The molecule has 9 rings (SSSR count). The van der Waals surface area contributed by atoms with E-state index < -0.39 is 0 Å². The molecule has 0 aliphatic heterocycles. The third-order valence-corrected chi connectivity index (χ3v) is 11.6. The van der Waals surface area contributed by atoms with E-state index in [4.69, 9.17) is 0 Å². The smallest absolute Gasteiger partial charge is 0.0463 e. The van der Waals surface area contributed by atoms with Gasteiger partial charge < -0.3 is 14.7 Å². The van der Waals surface area contributed by atoms with Crippen molar-refractivity contribution in [2.24, 2.45) is 0 Å². The molecule has 1 saturated carbocycles. The second-order valence-electron chi connectivity index (χ2n) is 15.3. The molecule has 3 nitrogen and oxygen atoms in total. The highest BCUT2D eigenvalue weighted by atomic mass is 15.2. The van der Waals surface area contributed by atoms with Crippen LogP contribution < -0.4 is 14.7 Å². The lowest BCUT2D eigenvalue weighted by Gasteiger charge is -2.39. The maximum Gasteiger partial charge on any atom is 0.0463 e. The predicted octanol–water partition coefficient (Wildman–Crippen LogP) is 15.7. The number of rotatable bonds is 12. The van der Waals surface area contributed by atoms with E-state index in [9.17, 15) is 0 Å². The zero-order chi connectivity index (χ0) is 39.6. The molecule has 8 aromatic rings. The first-order chi connectivity index (χ1) is 29.3. The summed E-state index contributed by atoms with van der Waals surface area (Å²) < 4.78 is 0. The van der Waals surface area contributed by atoms with Gasteiger partial charge in [0.15, 0.2) is 0 Å². The van der Waals surface area contributed by atoms with Crippen LogP contribution in [0.4, 0.5) is 45.5 Å². The average molecular weight is 764 g/mol. The third kappa shape index (κ3) is 8.76. The second kappa shape index (κ2) is 18.0. The number of benzene rings is 8. The van der Waals surface area contributed by atoms with Gasteiger partial charge in [-0.15, -0.1) is 0 Å². The van der Waals surface area contributed by atoms with Crippen LogP contribution in [0, 0.1) is 0 Å². The number of nitrogens with zero attached hydrogens (tertiary/aromatic N) is 3. The van der Waals surface area contributed by atoms with Crippen LogP contribution in [-0.4, -0.2) is 6.04 Å². The van der Waals surface area contributed by atoms with Gasteiger partial charge in [0.2, 0.25) is 0 Å². The van der Waals surface area contributed by atoms with Crippen LogP contribution in [0.2, 0.25) is 0 Å². The van der Waals surface area contributed by atoms with E-state index in [1.807, 2.05) is 0 Å². The Labute approximate surface area is 349 Å². The fourth-order valence-corrected chi connectivity index (χ4v) is 8.60. The Hall–Kier alpha value is -7.10. The molecule has 3 heteroatoms. The van der Waals surface area contributed by atoms with Gasteiger partial charge in [-0.05, 0) is 145 Å². The van der Waals surface area contributed by atoms with Crippen molar-refractivity contribution in [3.8, 4) is 0 Å². The topological polar surface area (TPSA) is 9.72 Å². The predicted molar refractivity (Wildman–Crippen MR) is 251 cm³/mol. The minimum absolute atomic E-state index is 0.440. The fourth-order valence-electron chi connectivity index (χ4n) is 8.60. The fraction of sp³-hybridized carbons (Fsp3) is 0.107. The van der Waals surface area contributed by atoms with Crippen LogP contribution in [0.25, 0.3) is 12.2 Å². The summed E-state index contributed by atoms with van der Waals surface area (Å²) in [6, 6.07) is 81.1. The van der Waals surface area contributed by atoms with Crippen molar-refractivity contribution < 1.29 is 0 Å². The average Bonchev–Trinajstić information content (AvgIpc) is 3.32. The molecule has 1 aliphatic carbocycles. The first-order valence-electron chi connectivity index (χ1n) is 20.9. The molecule has 0 spiro atoms. The van der Waals surface area contributed by atoms with Gasteiger partial charge in [0.1, 0.15) is 0 Å². The van der Waals surface area contributed by atoms with Crippen LogP contribution in [-0.2, 0) is 0 Å². The normalized spacial score (nSPS) is 15.1. The van der Waals surface area contributed by atoms with Crippen LogP contribution in [0.3, 0.4) is 0 Å². The zero-order valence-electron chi connectivity index (χ0n) is 33.3. The van der Waals surface area contributed by atoms with E-state index in [1.165, 1.54) is 28.1 Å². The molecule has 8 aromatic carbocycles. The van der Waals surface area contributed by atoms with Gasteiger partial charge in [0.05, 0.1) is 0 Å². The molecule has 1 fully saturated rings. The van der Waals surface area contributed by atoms with Crippen molar-refractivity contribution in [2.45, 2.75) is 37.6 Å². The Morgan fingerprint density at radius 1 is 0.288 bits per heavy atom. The van der Waals surface area contributed by atoms with Gasteiger partial charge in [-0.1, -0.05) is 140 Å². The molecule has 0 radical (unpaired) electrons. The molecule has 0 unspecified atom stereocenters. The van der Waals surface area contributed by atoms with Gasteiger partial charge >= 0.3 is 0 Å². The summed E-state index contributed by atoms with van der Waals surface area (Å²) in [6.07, 6.45) is 8.98. The van der Waals surface area contributed by atoms with Crippen molar-refractivity contribution >= 4 is 57.7 Å². The molecule has 59 heavy (non-hydrogen) atoms. The maximum atomic E-state index is 2.58. The molecule has 0 bridgehead atoms. The summed E-state index contributed by atoms with van der Waals surface area (Å²) in [5, 5.41) is 0. The second-order valence-corrected chi connectivity index (χ2v) is 15.3. The summed E-state index contributed by atoms with van der Waals surface area (Å²) in [5.74, 6) is 0.537.